The number of aromatic nitrogens is 2. The molecule has 16 heavy (non-hydrogen) atoms. The Balaban J connectivity index is 2.51. The lowest BCUT2D eigenvalue weighted by molar-refractivity contribution is -0.114. The highest BCUT2D eigenvalue weighted by molar-refractivity contribution is 5.89. The van der Waals surface area contributed by atoms with Crippen molar-refractivity contribution in [2.24, 2.45) is 0 Å². The quantitative estimate of drug-likeness (QED) is 0.776. The number of pyridine rings is 2. The van der Waals surface area contributed by atoms with Gasteiger partial charge in [-0.3, -0.25) is 9.78 Å². The molecule has 0 bridgehead atoms. The van der Waals surface area contributed by atoms with Crippen LogP contribution in [0.25, 0.3) is 11.0 Å². The van der Waals surface area contributed by atoms with E-state index in [4.69, 9.17) is 5.26 Å². The zero-order valence-corrected chi connectivity index (χ0v) is 8.56. The number of fused-ring (bicyclic) bond motifs is 1. The van der Waals surface area contributed by atoms with Gasteiger partial charge in [0, 0.05) is 13.1 Å². The maximum Gasteiger partial charge on any atom is 0.222 e. The second-order valence-electron chi connectivity index (χ2n) is 3.25. The zero-order chi connectivity index (χ0) is 11.5. The van der Waals surface area contributed by atoms with E-state index in [2.05, 4.69) is 15.3 Å². The van der Waals surface area contributed by atoms with Gasteiger partial charge in [-0.2, -0.15) is 5.26 Å². The number of nitriles is 1. The van der Waals surface area contributed by atoms with E-state index >= 15 is 0 Å². The van der Waals surface area contributed by atoms with E-state index in [9.17, 15) is 4.79 Å². The first-order valence-electron chi connectivity index (χ1n) is 4.63. The number of nitrogens with one attached hydrogen (secondary N) is 1. The van der Waals surface area contributed by atoms with Crippen LogP contribution >= 0.6 is 0 Å². The third kappa shape index (κ3) is 1.96. The number of hydrogen-bond donors (Lipinski definition) is 1. The highest BCUT2D eigenvalue weighted by Gasteiger charge is 2.02. The second-order valence-corrected chi connectivity index (χ2v) is 3.25. The van der Waals surface area contributed by atoms with E-state index in [1.807, 2.05) is 6.07 Å². The number of hydrogen-bond acceptors (Lipinski definition) is 4. The minimum absolute atomic E-state index is 0.184. The van der Waals surface area contributed by atoms with Gasteiger partial charge in [-0.15, -0.1) is 0 Å². The molecule has 0 atom stereocenters. The SMILES string of the molecule is CC(=O)Nc1ccc2ncc(C#N)cc2n1. The molecule has 0 unspecified atom stereocenters. The number of carbonyl (C=O) groups is 1. The molecule has 2 aromatic rings. The summed E-state index contributed by atoms with van der Waals surface area (Å²) in [6, 6.07) is 7.04. The van der Waals surface area contributed by atoms with E-state index < -0.39 is 0 Å². The lowest BCUT2D eigenvalue weighted by Gasteiger charge is -2.02. The lowest BCUT2D eigenvalue weighted by Crippen LogP contribution is -2.07. The summed E-state index contributed by atoms with van der Waals surface area (Å²) in [5.41, 5.74) is 1.72. The Kier molecular flexibility index (Phi) is 2.48. The van der Waals surface area contributed by atoms with Crippen molar-refractivity contribution in [1.82, 2.24) is 9.97 Å². The Morgan fingerprint density at radius 2 is 2.25 bits per heavy atom. The molecule has 78 valence electrons. The van der Waals surface area contributed by atoms with Crippen molar-refractivity contribution in [3.63, 3.8) is 0 Å². The first-order valence-corrected chi connectivity index (χ1v) is 4.63. The fourth-order valence-electron chi connectivity index (χ4n) is 1.32. The summed E-state index contributed by atoms with van der Waals surface area (Å²) in [4.78, 5) is 19.1. The summed E-state index contributed by atoms with van der Waals surface area (Å²) in [5.74, 6) is 0.271. The lowest BCUT2D eigenvalue weighted by atomic mass is 10.2. The summed E-state index contributed by atoms with van der Waals surface area (Å²) in [7, 11) is 0. The van der Waals surface area contributed by atoms with Crippen LogP contribution < -0.4 is 5.32 Å². The van der Waals surface area contributed by atoms with Gasteiger partial charge in [0.1, 0.15) is 11.9 Å². The number of nitrogens with zero attached hydrogens (tertiary/aromatic N) is 3. The summed E-state index contributed by atoms with van der Waals surface area (Å²) in [5, 5.41) is 11.3. The van der Waals surface area contributed by atoms with Crippen LogP contribution in [0.3, 0.4) is 0 Å². The number of carbonyl (C=O) groups excluding carboxylic acids is 1. The molecule has 0 aliphatic heterocycles. The molecule has 1 N–H and O–H groups in total. The van der Waals surface area contributed by atoms with E-state index in [0.717, 1.165) is 0 Å². The van der Waals surface area contributed by atoms with Crippen LogP contribution in [0.5, 0.6) is 0 Å². The van der Waals surface area contributed by atoms with Crippen LogP contribution in [-0.2, 0) is 4.79 Å². The van der Waals surface area contributed by atoms with Crippen LogP contribution in [0.15, 0.2) is 24.4 Å². The Bertz CT molecular complexity index is 600. The van der Waals surface area contributed by atoms with Gasteiger partial charge in [0.25, 0.3) is 0 Å². The van der Waals surface area contributed by atoms with E-state index in [1.54, 1.807) is 18.2 Å². The molecular weight excluding hydrogens is 204 g/mol. The third-order valence-electron chi connectivity index (χ3n) is 1.97. The maximum absolute atomic E-state index is 10.9. The van der Waals surface area contributed by atoms with Crippen LogP contribution in [-0.4, -0.2) is 15.9 Å². The Morgan fingerprint density at radius 1 is 1.44 bits per heavy atom. The maximum atomic E-state index is 10.9. The Morgan fingerprint density at radius 3 is 2.94 bits per heavy atom. The van der Waals surface area contributed by atoms with E-state index in [-0.39, 0.29) is 5.91 Å². The average molecular weight is 212 g/mol. The van der Waals surface area contributed by atoms with Crippen LogP contribution in [0.4, 0.5) is 5.82 Å². The molecule has 5 heteroatoms. The minimum Gasteiger partial charge on any atom is -0.311 e. The van der Waals surface area contributed by atoms with Crippen molar-refractivity contribution in [3.05, 3.63) is 30.0 Å². The van der Waals surface area contributed by atoms with Gasteiger partial charge in [0.2, 0.25) is 5.91 Å². The average Bonchev–Trinajstić information content (AvgIpc) is 2.27. The molecule has 2 aromatic heterocycles. The number of anilines is 1. The van der Waals surface area contributed by atoms with Crippen molar-refractivity contribution < 1.29 is 4.79 Å². The van der Waals surface area contributed by atoms with Gasteiger partial charge in [-0.1, -0.05) is 0 Å². The van der Waals surface area contributed by atoms with Gasteiger partial charge in [-0.25, -0.2) is 4.98 Å². The molecule has 5 nitrogen and oxygen atoms in total. The topological polar surface area (TPSA) is 78.7 Å². The molecule has 0 aliphatic rings. The largest absolute Gasteiger partial charge is 0.311 e. The molecular formula is C11H8N4O. The molecule has 0 aliphatic carbocycles. The van der Waals surface area contributed by atoms with Crippen LogP contribution in [0.1, 0.15) is 12.5 Å². The minimum atomic E-state index is -0.184. The third-order valence-corrected chi connectivity index (χ3v) is 1.97. The molecule has 0 saturated heterocycles. The molecule has 1 amide bonds. The first kappa shape index (κ1) is 10.1. The normalized spacial score (nSPS) is 9.75. The molecule has 0 aromatic carbocycles. The molecule has 2 heterocycles. The van der Waals surface area contributed by atoms with Crippen LogP contribution in [0.2, 0.25) is 0 Å². The summed E-state index contributed by atoms with van der Waals surface area (Å²) in [6.07, 6.45) is 1.49. The smallest absolute Gasteiger partial charge is 0.222 e. The van der Waals surface area contributed by atoms with Gasteiger partial charge in [0.15, 0.2) is 0 Å². The van der Waals surface area contributed by atoms with Crippen molar-refractivity contribution in [3.8, 4) is 6.07 Å². The van der Waals surface area contributed by atoms with E-state index in [1.165, 1.54) is 13.1 Å². The first-order chi connectivity index (χ1) is 7.69. The fraction of sp³-hybridized carbons (Fsp3) is 0.0909. The highest BCUT2D eigenvalue weighted by Crippen LogP contribution is 2.13. The van der Waals surface area contributed by atoms with Gasteiger partial charge in [-0.05, 0) is 18.2 Å². The van der Waals surface area contributed by atoms with Gasteiger partial charge in [0.05, 0.1) is 16.6 Å². The number of amides is 1. The zero-order valence-electron chi connectivity index (χ0n) is 8.56. The molecule has 0 saturated carbocycles. The van der Waals surface area contributed by atoms with Gasteiger partial charge >= 0.3 is 0 Å². The standard InChI is InChI=1S/C11H8N4O/c1-7(16)14-11-3-2-9-10(15-11)4-8(5-12)6-13-9/h2-4,6H,1H3,(H,14,15,16). The monoisotopic (exact) mass is 212 g/mol. The highest BCUT2D eigenvalue weighted by atomic mass is 16.1. The molecule has 0 radical (unpaired) electrons. The van der Waals surface area contributed by atoms with E-state index in [0.29, 0.717) is 22.4 Å². The Labute approximate surface area is 91.8 Å². The predicted molar refractivity (Wildman–Crippen MR) is 58.6 cm³/mol. The van der Waals surface area contributed by atoms with Crippen molar-refractivity contribution in [2.75, 3.05) is 5.32 Å². The van der Waals surface area contributed by atoms with Crippen molar-refractivity contribution >= 4 is 22.8 Å². The predicted octanol–water partition coefficient (Wildman–Crippen LogP) is 1.46. The molecule has 0 fully saturated rings. The molecule has 0 spiro atoms. The summed E-state index contributed by atoms with van der Waals surface area (Å²) in [6.45, 7) is 1.41. The van der Waals surface area contributed by atoms with Crippen molar-refractivity contribution in [2.45, 2.75) is 6.92 Å². The fourth-order valence-corrected chi connectivity index (χ4v) is 1.32. The van der Waals surface area contributed by atoms with Crippen molar-refractivity contribution in [1.29, 1.82) is 5.26 Å². The Hall–Kier alpha value is -2.48. The van der Waals surface area contributed by atoms with Crippen LogP contribution in [0, 0.1) is 11.3 Å². The van der Waals surface area contributed by atoms with Gasteiger partial charge < -0.3 is 5.32 Å². The molecule has 2 rings (SSSR count). The second kappa shape index (κ2) is 3.95. The number of rotatable bonds is 1. The summed E-state index contributed by atoms with van der Waals surface area (Å²) < 4.78 is 0. The summed E-state index contributed by atoms with van der Waals surface area (Å²) >= 11 is 0.